The van der Waals surface area contributed by atoms with Crippen LogP contribution in [0.1, 0.15) is 26.7 Å². The highest BCUT2D eigenvalue weighted by atomic mass is 32.2. The first kappa shape index (κ1) is 16.7. The summed E-state index contributed by atoms with van der Waals surface area (Å²) in [7, 11) is -3.70. The van der Waals surface area contributed by atoms with E-state index in [2.05, 4.69) is 0 Å². The van der Waals surface area contributed by atoms with E-state index in [9.17, 15) is 13.2 Å². The molecule has 0 fully saturated rings. The topological polar surface area (TPSA) is 103 Å². The Balaban J connectivity index is 4.97. The molecule has 0 bridgehead atoms. The molecule has 0 aliphatic carbocycles. The van der Waals surface area contributed by atoms with Gasteiger partial charge in [0.1, 0.15) is 0 Å². The van der Waals surface area contributed by atoms with Crippen molar-refractivity contribution in [2.45, 2.75) is 31.6 Å². The van der Waals surface area contributed by atoms with Crippen LogP contribution >= 0.6 is 11.8 Å². The monoisotopic (exact) mass is 282 g/mol. The van der Waals surface area contributed by atoms with Crippen LogP contribution in [0, 0.1) is 5.92 Å². The molecule has 17 heavy (non-hydrogen) atoms. The maximum atomic E-state index is 12.1. The predicted molar refractivity (Wildman–Crippen MR) is 72.4 cm³/mol. The van der Waals surface area contributed by atoms with Gasteiger partial charge in [0.05, 0.1) is 5.75 Å². The zero-order valence-corrected chi connectivity index (χ0v) is 12.2. The summed E-state index contributed by atoms with van der Waals surface area (Å²) in [5, 5.41) is 0. The second-order valence-electron chi connectivity index (χ2n) is 4.50. The Labute approximate surface area is 108 Å². The van der Waals surface area contributed by atoms with Crippen molar-refractivity contribution in [3.63, 3.8) is 0 Å². The lowest BCUT2D eigenvalue weighted by molar-refractivity contribution is -0.120. The molecular formula is C10H22N2O3S2. The summed E-state index contributed by atoms with van der Waals surface area (Å²) in [6.45, 7) is 3.83. The van der Waals surface area contributed by atoms with Crippen molar-refractivity contribution >= 4 is 27.5 Å². The van der Waals surface area contributed by atoms with Gasteiger partial charge >= 0.3 is 0 Å². The van der Waals surface area contributed by atoms with Gasteiger partial charge in [-0.3, -0.25) is 4.79 Å². The fourth-order valence-corrected chi connectivity index (χ4v) is 3.78. The zero-order chi connectivity index (χ0) is 13.7. The molecule has 0 aliphatic rings. The molecule has 0 saturated carbocycles. The van der Waals surface area contributed by atoms with E-state index in [0.717, 1.165) is 0 Å². The third kappa shape index (κ3) is 4.48. The lowest BCUT2D eigenvalue weighted by Crippen LogP contribution is -2.59. The van der Waals surface area contributed by atoms with Crippen molar-refractivity contribution < 1.29 is 13.2 Å². The summed E-state index contributed by atoms with van der Waals surface area (Å²) in [5.41, 5.74) is 10.9. The molecule has 102 valence electrons. The molecule has 0 heterocycles. The number of sulfone groups is 1. The summed E-state index contributed by atoms with van der Waals surface area (Å²) in [5.74, 6) is -0.337. The minimum atomic E-state index is -3.70. The maximum Gasteiger partial charge on any atom is 0.253 e. The van der Waals surface area contributed by atoms with Crippen LogP contribution in [0.3, 0.4) is 0 Å². The summed E-state index contributed by atoms with van der Waals surface area (Å²) in [4.78, 5) is 9.40. The van der Waals surface area contributed by atoms with E-state index in [4.69, 9.17) is 11.5 Å². The fraction of sp³-hybridized carbons (Fsp3) is 0.900. The minimum Gasteiger partial charge on any atom is -0.367 e. The fourth-order valence-electron chi connectivity index (χ4n) is 1.26. The maximum absolute atomic E-state index is 12.1. The quantitative estimate of drug-likeness (QED) is 0.668. The van der Waals surface area contributed by atoms with Gasteiger partial charge in [0, 0.05) is 0 Å². The number of carbonyl (C=O) groups excluding carboxylic acids is 1. The molecule has 7 heteroatoms. The van der Waals surface area contributed by atoms with E-state index in [-0.39, 0.29) is 18.1 Å². The van der Waals surface area contributed by atoms with Gasteiger partial charge in [-0.15, -0.1) is 0 Å². The molecule has 0 aromatic rings. The van der Waals surface area contributed by atoms with E-state index in [1.165, 1.54) is 11.8 Å². The summed E-state index contributed by atoms with van der Waals surface area (Å²) in [6, 6.07) is 0. The summed E-state index contributed by atoms with van der Waals surface area (Å²) >= 11 is 1.43. The molecule has 0 saturated heterocycles. The van der Waals surface area contributed by atoms with Gasteiger partial charge in [0.25, 0.3) is 5.91 Å². The Bertz CT molecular complexity index is 355. The third-order valence-electron chi connectivity index (χ3n) is 2.61. The first-order valence-corrected chi connectivity index (χ1v) is 8.52. The number of rotatable bonds is 8. The Kier molecular flexibility index (Phi) is 6.50. The van der Waals surface area contributed by atoms with Gasteiger partial charge < -0.3 is 11.5 Å². The minimum absolute atomic E-state index is 0.0595. The lowest BCUT2D eigenvalue weighted by Gasteiger charge is -2.25. The summed E-state index contributed by atoms with van der Waals surface area (Å²) < 4.78 is 24.1. The van der Waals surface area contributed by atoms with Crippen molar-refractivity contribution in [2.24, 2.45) is 17.4 Å². The van der Waals surface area contributed by atoms with Crippen LogP contribution in [0.25, 0.3) is 0 Å². The molecule has 1 amide bonds. The van der Waals surface area contributed by atoms with Crippen LogP contribution in [-0.4, -0.2) is 37.0 Å². The molecule has 1 atom stereocenters. The molecule has 4 N–H and O–H groups in total. The van der Waals surface area contributed by atoms with E-state index >= 15 is 0 Å². The first-order chi connectivity index (χ1) is 7.67. The Morgan fingerprint density at radius 2 is 1.94 bits per heavy atom. The van der Waals surface area contributed by atoms with Crippen LogP contribution < -0.4 is 11.5 Å². The van der Waals surface area contributed by atoms with Gasteiger partial charge in [0.2, 0.25) is 0 Å². The Morgan fingerprint density at radius 3 is 2.29 bits per heavy atom. The van der Waals surface area contributed by atoms with Crippen molar-refractivity contribution in [2.75, 3.05) is 17.8 Å². The second-order valence-corrected chi connectivity index (χ2v) is 7.85. The molecule has 0 spiro atoms. The average molecular weight is 282 g/mol. The van der Waals surface area contributed by atoms with Crippen molar-refractivity contribution in [3.05, 3.63) is 0 Å². The van der Waals surface area contributed by atoms with Gasteiger partial charge in [-0.1, -0.05) is 13.8 Å². The van der Waals surface area contributed by atoms with Crippen molar-refractivity contribution in [1.29, 1.82) is 0 Å². The first-order valence-electron chi connectivity index (χ1n) is 5.47. The number of amides is 1. The van der Waals surface area contributed by atoms with Gasteiger partial charge in [-0.2, -0.15) is 11.8 Å². The highest BCUT2D eigenvalue weighted by molar-refractivity contribution is 7.98. The van der Waals surface area contributed by atoms with Gasteiger partial charge in [-0.05, 0) is 30.8 Å². The van der Waals surface area contributed by atoms with E-state index in [1.54, 1.807) is 0 Å². The average Bonchev–Trinajstić information content (AvgIpc) is 2.22. The smallest absolute Gasteiger partial charge is 0.253 e. The van der Waals surface area contributed by atoms with Crippen molar-refractivity contribution in [1.82, 2.24) is 0 Å². The van der Waals surface area contributed by atoms with Crippen LogP contribution in [0.5, 0.6) is 0 Å². The number of primary amides is 1. The number of nitrogens with two attached hydrogens (primary N) is 2. The largest absolute Gasteiger partial charge is 0.367 e. The highest BCUT2D eigenvalue weighted by Crippen LogP contribution is 2.20. The lowest BCUT2D eigenvalue weighted by atomic mass is 10.2. The predicted octanol–water partition coefficient (Wildman–Crippen LogP) is 0.341. The molecule has 5 nitrogen and oxygen atoms in total. The third-order valence-corrected chi connectivity index (χ3v) is 5.51. The zero-order valence-electron chi connectivity index (χ0n) is 10.6. The number of hydrogen-bond acceptors (Lipinski definition) is 5. The second kappa shape index (κ2) is 6.61. The van der Waals surface area contributed by atoms with Crippen LogP contribution in [0.15, 0.2) is 0 Å². The normalized spacial score (nSPS) is 15.8. The Morgan fingerprint density at radius 1 is 1.41 bits per heavy atom. The molecule has 0 unspecified atom stereocenters. The Hall–Kier alpha value is -0.270. The van der Waals surface area contributed by atoms with Crippen LogP contribution in [-0.2, 0) is 14.6 Å². The molecule has 0 aliphatic heterocycles. The number of thioether (sulfide) groups is 1. The highest BCUT2D eigenvalue weighted by Gasteiger charge is 2.44. The number of carbonyl (C=O) groups is 1. The molecule has 0 radical (unpaired) electrons. The standard InChI is InChI=1S/C10H22N2O3S2/c1-8(2)4-7-17(14,15)10(12,9(11)13)5-6-16-3/h8H,4-7,12H2,1-3H3,(H2,11,13)/t10-/m1/s1. The van der Waals surface area contributed by atoms with Crippen molar-refractivity contribution in [3.8, 4) is 0 Å². The van der Waals surface area contributed by atoms with E-state index < -0.39 is 20.6 Å². The summed E-state index contributed by atoms with van der Waals surface area (Å²) in [6.07, 6.45) is 2.36. The van der Waals surface area contributed by atoms with E-state index in [1.807, 2.05) is 20.1 Å². The van der Waals surface area contributed by atoms with E-state index in [0.29, 0.717) is 12.2 Å². The molecule has 0 rings (SSSR count). The molecule has 0 aromatic carbocycles. The molecular weight excluding hydrogens is 260 g/mol. The van der Waals surface area contributed by atoms with Crippen LogP contribution in [0.4, 0.5) is 0 Å². The molecule has 0 aromatic heterocycles. The number of hydrogen-bond donors (Lipinski definition) is 2. The van der Waals surface area contributed by atoms with Crippen LogP contribution in [0.2, 0.25) is 0 Å². The van der Waals surface area contributed by atoms with Gasteiger partial charge in [0.15, 0.2) is 14.7 Å². The van der Waals surface area contributed by atoms with Gasteiger partial charge in [-0.25, -0.2) is 8.42 Å². The SMILES string of the molecule is CSCC[C@](N)(C(N)=O)S(=O)(=O)CCC(C)C.